The molecule has 1 aromatic heterocycles. The number of carbonyl (C=O) groups excluding carboxylic acids is 1. The zero-order valence-electron chi connectivity index (χ0n) is 19.4. The Morgan fingerprint density at radius 3 is 2.12 bits per heavy atom. The van der Waals surface area contributed by atoms with E-state index in [9.17, 15) is 14.7 Å². The number of nitrogens with zero attached hydrogens (tertiary/aromatic N) is 2. The summed E-state index contributed by atoms with van der Waals surface area (Å²) in [6.45, 7) is 9.55. The van der Waals surface area contributed by atoms with Crippen LogP contribution in [0.25, 0.3) is 5.69 Å². The number of aromatic nitrogens is 2. The van der Waals surface area contributed by atoms with E-state index in [1.807, 2.05) is 51.1 Å². The first-order valence-corrected chi connectivity index (χ1v) is 11.0. The van der Waals surface area contributed by atoms with E-state index in [-0.39, 0.29) is 5.41 Å². The van der Waals surface area contributed by atoms with Crippen molar-refractivity contribution < 1.29 is 14.7 Å². The van der Waals surface area contributed by atoms with Crippen molar-refractivity contribution in [2.45, 2.75) is 46.5 Å². The number of rotatable bonds is 6. The Morgan fingerprint density at radius 1 is 0.970 bits per heavy atom. The Kier molecular flexibility index (Phi) is 6.84. The van der Waals surface area contributed by atoms with Crippen LogP contribution in [0.3, 0.4) is 0 Å². The molecule has 0 aliphatic heterocycles. The van der Waals surface area contributed by atoms with E-state index in [0.29, 0.717) is 22.9 Å². The molecule has 33 heavy (non-hydrogen) atoms. The minimum absolute atomic E-state index is 0.222. The van der Waals surface area contributed by atoms with Crippen LogP contribution in [-0.4, -0.2) is 26.9 Å². The number of benzene rings is 2. The highest BCUT2D eigenvalue weighted by molar-refractivity contribution is 6.30. The first-order chi connectivity index (χ1) is 15.3. The lowest BCUT2D eigenvalue weighted by molar-refractivity contribution is -0.146. The van der Waals surface area contributed by atoms with Crippen molar-refractivity contribution in [3.8, 4) is 5.69 Å². The summed E-state index contributed by atoms with van der Waals surface area (Å²) in [5, 5.41) is 20.3. The van der Waals surface area contributed by atoms with Crippen LogP contribution in [0.15, 0.2) is 54.6 Å². The number of aliphatic carboxylic acids is 1. The lowest BCUT2D eigenvalue weighted by Gasteiger charge is -2.19. The molecule has 2 aromatic carbocycles. The number of amides is 2. The van der Waals surface area contributed by atoms with Gasteiger partial charge in [0.25, 0.3) is 0 Å². The van der Waals surface area contributed by atoms with Crippen molar-refractivity contribution in [1.82, 2.24) is 9.78 Å². The Balaban J connectivity index is 1.86. The molecule has 3 rings (SSSR count). The number of carboxylic acid groups (broad SMARTS) is 1. The summed E-state index contributed by atoms with van der Waals surface area (Å²) >= 11 is 5.90. The highest BCUT2D eigenvalue weighted by Gasteiger charge is 2.27. The third-order valence-corrected chi connectivity index (χ3v) is 5.48. The lowest BCUT2D eigenvalue weighted by atomic mass is 9.86. The largest absolute Gasteiger partial charge is 0.481 e. The van der Waals surface area contributed by atoms with Crippen LogP contribution in [0, 0.1) is 5.41 Å². The minimum Gasteiger partial charge on any atom is -0.481 e. The molecule has 0 fully saturated rings. The fourth-order valence-electron chi connectivity index (χ4n) is 3.19. The highest BCUT2D eigenvalue weighted by Crippen LogP contribution is 2.28. The average molecular weight is 469 g/mol. The van der Waals surface area contributed by atoms with Crippen LogP contribution in [0.2, 0.25) is 5.02 Å². The SMILES string of the molecule is CC(C)(Cc1ccc(-n2nc(C(C)(C)C)cc2NC(=O)Nc2ccc(Cl)cc2)cc1)C(=O)O. The number of nitrogens with one attached hydrogen (secondary N) is 2. The average Bonchev–Trinajstić information content (AvgIpc) is 3.14. The van der Waals surface area contributed by atoms with E-state index in [1.54, 1.807) is 42.8 Å². The molecule has 0 aliphatic carbocycles. The van der Waals surface area contributed by atoms with Gasteiger partial charge in [-0.25, -0.2) is 9.48 Å². The smallest absolute Gasteiger partial charge is 0.324 e. The van der Waals surface area contributed by atoms with Gasteiger partial charge in [-0.2, -0.15) is 5.10 Å². The van der Waals surface area contributed by atoms with Gasteiger partial charge < -0.3 is 10.4 Å². The number of hydrogen-bond acceptors (Lipinski definition) is 3. The maximum Gasteiger partial charge on any atom is 0.324 e. The van der Waals surface area contributed by atoms with E-state index in [0.717, 1.165) is 16.9 Å². The first-order valence-electron chi connectivity index (χ1n) is 10.6. The van der Waals surface area contributed by atoms with Gasteiger partial charge in [-0.15, -0.1) is 0 Å². The number of carboxylic acids is 1. The maximum atomic E-state index is 12.6. The van der Waals surface area contributed by atoms with Crippen molar-refractivity contribution in [3.63, 3.8) is 0 Å². The number of halogens is 1. The lowest BCUT2D eigenvalue weighted by Crippen LogP contribution is -2.26. The van der Waals surface area contributed by atoms with Gasteiger partial charge in [-0.05, 0) is 62.2 Å². The molecule has 0 radical (unpaired) electrons. The maximum absolute atomic E-state index is 12.6. The van der Waals surface area contributed by atoms with Crippen LogP contribution >= 0.6 is 11.6 Å². The molecule has 2 amide bonds. The van der Waals surface area contributed by atoms with Crippen LogP contribution in [0.1, 0.15) is 45.9 Å². The first kappa shape index (κ1) is 24.3. The second-order valence-electron chi connectivity index (χ2n) is 9.69. The Bertz CT molecular complexity index is 1140. The number of carbonyl (C=O) groups is 2. The quantitative estimate of drug-likeness (QED) is 0.406. The minimum atomic E-state index is -0.862. The van der Waals surface area contributed by atoms with Crippen molar-refractivity contribution >= 4 is 35.1 Å². The van der Waals surface area contributed by atoms with E-state index in [4.69, 9.17) is 16.7 Å². The molecule has 174 valence electrons. The number of urea groups is 1. The molecule has 0 bridgehead atoms. The van der Waals surface area contributed by atoms with Gasteiger partial charge in [0.2, 0.25) is 0 Å². The summed E-state index contributed by atoms with van der Waals surface area (Å²) in [4.78, 5) is 24.1. The third-order valence-electron chi connectivity index (χ3n) is 5.23. The molecular weight excluding hydrogens is 440 g/mol. The molecule has 0 spiro atoms. The van der Waals surface area contributed by atoms with E-state index >= 15 is 0 Å². The van der Waals surface area contributed by atoms with Gasteiger partial charge in [0, 0.05) is 22.2 Å². The number of anilines is 2. The van der Waals surface area contributed by atoms with Crippen molar-refractivity contribution in [2.75, 3.05) is 10.6 Å². The highest BCUT2D eigenvalue weighted by atomic mass is 35.5. The molecular formula is C25H29ClN4O3. The van der Waals surface area contributed by atoms with Crippen LogP contribution in [0.4, 0.5) is 16.3 Å². The van der Waals surface area contributed by atoms with E-state index in [1.165, 1.54) is 0 Å². The van der Waals surface area contributed by atoms with Crippen molar-refractivity contribution in [2.24, 2.45) is 5.41 Å². The molecule has 7 nitrogen and oxygen atoms in total. The molecule has 0 aliphatic rings. The van der Waals surface area contributed by atoms with Gasteiger partial charge in [0.1, 0.15) is 5.82 Å². The van der Waals surface area contributed by atoms with E-state index < -0.39 is 17.4 Å². The van der Waals surface area contributed by atoms with E-state index in [2.05, 4.69) is 10.6 Å². The summed E-state index contributed by atoms with van der Waals surface area (Å²) in [7, 11) is 0. The zero-order chi connectivity index (χ0) is 24.4. The summed E-state index contributed by atoms with van der Waals surface area (Å²) in [6, 6.07) is 15.8. The summed E-state index contributed by atoms with van der Waals surface area (Å²) < 4.78 is 1.67. The molecule has 0 saturated heterocycles. The molecule has 1 heterocycles. The topological polar surface area (TPSA) is 96.3 Å². The second kappa shape index (κ2) is 9.27. The normalized spacial score (nSPS) is 11.8. The Morgan fingerprint density at radius 2 is 1.58 bits per heavy atom. The summed E-state index contributed by atoms with van der Waals surface area (Å²) in [5.74, 6) is -0.323. The summed E-state index contributed by atoms with van der Waals surface area (Å²) in [5.41, 5.74) is 2.01. The Labute approximate surface area is 198 Å². The number of hydrogen-bond donors (Lipinski definition) is 3. The molecule has 8 heteroatoms. The standard InChI is InChI=1S/C25H29ClN4O3/c1-24(2,3)20-14-21(28-23(33)27-18-10-8-17(26)9-11-18)30(29-20)19-12-6-16(7-13-19)15-25(4,5)22(31)32/h6-14H,15H2,1-5H3,(H,31,32)(H2,27,28,33). The van der Waals surface area contributed by atoms with Gasteiger partial charge in [0.15, 0.2) is 0 Å². The Hall–Kier alpha value is -3.32. The fraction of sp³-hybridized carbons (Fsp3) is 0.320. The van der Waals surface area contributed by atoms with Crippen molar-refractivity contribution in [1.29, 1.82) is 0 Å². The molecule has 0 saturated carbocycles. The van der Waals surface area contributed by atoms with Crippen LogP contribution in [-0.2, 0) is 16.6 Å². The van der Waals surface area contributed by atoms with Gasteiger partial charge in [-0.3, -0.25) is 10.1 Å². The van der Waals surface area contributed by atoms with Gasteiger partial charge in [-0.1, -0.05) is 44.5 Å². The third kappa shape index (κ3) is 6.14. The predicted octanol–water partition coefficient (Wildman–Crippen LogP) is 6.12. The summed E-state index contributed by atoms with van der Waals surface area (Å²) in [6.07, 6.45) is 0.406. The molecule has 0 atom stereocenters. The molecule has 3 N–H and O–H groups in total. The predicted molar refractivity (Wildman–Crippen MR) is 131 cm³/mol. The van der Waals surface area contributed by atoms with Crippen LogP contribution in [0.5, 0.6) is 0 Å². The van der Waals surface area contributed by atoms with Gasteiger partial charge >= 0.3 is 12.0 Å². The van der Waals surface area contributed by atoms with Crippen molar-refractivity contribution in [3.05, 3.63) is 70.9 Å². The van der Waals surface area contributed by atoms with Crippen LogP contribution < -0.4 is 10.6 Å². The molecule has 3 aromatic rings. The fourth-order valence-corrected chi connectivity index (χ4v) is 3.31. The van der Waals surface area contributed by atoms with Gasteiger partial charge in [0.05, 0.1) is 16.8 Å². The zero-order valence-corrected chi connectivity index (χ0v) is 20.2. The second-order valence-corrected chi connectivity index (χ2v) is 10.1. The molecule has 0 unspecified atom stereocenters. The monoisotopic (exact) mass is 468 g/mol.